The van der Waals surface area contributed by atoms with E-state index in [9.17, 15) is 0 Å². The lowest BCUT2D eigenvalue weighted by Gasteiger charge is -2.23. The number of ether oxygens (including phenoxy) is 2. The van der Waals surface area contributed by atoms with Crippen molar-refractivity contribution in [1.29, 1.82) is 0 Å². The first-order chi connectivity index (χ1) is 9.81. The van der Waals surface area contributed by atoms with Crippen molar-refractivity contribution >= 4 is 5.76 Å². The summed E-state index contributed by atoms with van der Waals surface area (Å²) in [6, 6.07) is 11.8. The van der Waals surface area contributed by atoms with Crippen LogP contribution in [0, 0.1) is 0 Å². The topological polar surface area (TPSA) is 31.4 Å². The van der Waals surface area contributed by atoms with E-state index in [1.54, 1.807) is 13.3 Å². The van der Waals surface area contributed by atoms with Crippen LogP contribution in [0.4, 0.5) is 0 Å². The Balaban J connectivity index is 2.02. The highest BCUT2D eigenvalue weighted by molar-refractivity contribution is 5.66. The second-order valence-electron chi connectivity index (χ2n) is 4.75. The quantitative estimate of drug-likeness (QED) is 0.846. The smallest absolute Gasteiger partial charge is 0.152 e. The van der Waals surface area contributed by atoms with Crippen LogP contribution in [0.1, 0.15) is 24.6 Å². The Labute approximate surface area is 118 Å². The Hall–Kier alpha value is -2.29. The minimum atomic E-state index is 0.865. The van der Waals surface area contributed by atoms with Crippen LogP contribution in [-0.2, 0) is 6.42 Å². The maximum atomic E-state index is 6.08. The van der Waals surface area contributed by atoms with Gasteiger partial charge in [0.05, 0.1) is 7.11 Å². The zero-order valence-corrected chi connectivity index (χ0v) is 11.7. The van der Waals surface area contributed by atoms with Crippen LogP contribution in [0.3, 0.4) is 0 Å². The van der Waals surface area contributed by atoms with Crippen LogP contribution in [0.5, 0.6) is 11.5 Å². The van der Waals surface area contributed by atoms with Gasteiger partial charge in [-0.25, -0.2) is 0 Å². The molecule has 0 atom stereocenters. The number of methoxy groups -OCH3 is 1. The molecule has 0 aliphatic carbocycles. The van der Waals surface area contributed by atoms with Crippen molar-refractivity contribution in [2.45, 2.75) is 19.8 Å². The molecule has 0 bridgehead atoms. The molecule has 3 heteroatoms. The van der Waals surface area contributed by atoms with Crippen molar-refractivity contribution in [2.75, 3.05) is 7.11 Å². The summed E-state index contributed by atoms with van der Waals surface area (Å²) < 4.78 is 11.4. The van der Waals surface area contributed by atoms with Crippen LogP contribution in [0.15, 0.2) is 48.2 Å². The molecule has 1 aromatic heterocycles. The fraction of sp³-hybridized carbons (Fsp3) is 0.235. The first-order valence-electron chi connectivity index (χ1n) is 6.80. The van der Waals surface area contributed by atoms with Crippen molar-refractivity contribution in [3.63, 3.8) is 0 Å². The van der Waals surface area contributed by atoms with Gasteiger partial charge in [0.2, 0.25) is 0 Å². The molecule has 0 radical (unpaired) electrons. The molecule has 0 unspecified atom stereocenters. The van der Waals surface area contributed by atoms with E-state index >= 15 is 0 Å². The normalized spacial score (nSPS) is 13.7. The van der Waals surface area contributed by atoms with Crippen molar-refractivity contribution in [2.24, 2.45) is 0 Å². The Kier molecular flexibility index (Phi) is 3.42. The highest BCUT2D eigenvalue weighted by atomic mass is 16.5. The molecule has 1 aromatic carbocycles. The Morgan fingerprint density at radius 1 is 1.25 bits per heavy atom. The summed E-state index contributed by atoms with van der Waals surface area (Å²) in [6.07, 6.45) is 3.63. The van der Waals surface area contributed by atoms with Gasteiger partial charge in [-0.3, -0.25) is 4.98 Å². The maximum Gasteiger partial charge on any atom is 0.152 e. The van der Waals surface area contributed by atoms with Gasteiger partial charge in [0.1, 0.15) is 17.2 Å². The third-order valence-electron chi connectivity index (χ3n) is 3.53. The van der Waals surface area contributed by atoms with E-state index in [0.717, 1.165) is 35.8 Å². The number of allylic oxidation sites excluding steroid dienone is 1. The molecule has 0 fully saturated rings. The summed E-state index contributed by atoms with van der Waals surface area (Å²) in [7, 11) is 1.68. The minimum Gasteiger partial charge on any atom is -0.497 e. The van der Waals surface area contributed by atoms with E-state index in [-0.39, 0.29) is 0 Å². The van der Waals surface area contributed by atoms with Crippen LogP contribution in [-0.4, -0.2) is 12.1 Å². The van der Waals surface area contributed by atoms with Crippen molar-refractivity contribution in [3.8, 4) is 11.5 Å². The van der Waals surface area contributed by atoms with Crippen molar-refractivity contribution < 1.29 is 9.47 Å². The van der Waals surface area contributed by atoms with Crippen LogP contribution >= 0.6 is 0 Å². The number of fused-ring (bicyclic) bond motifs is 1. The maximum absolute atomic E-state index is 6.08. The van der Waals surface area contributed by atoms with E-state index in [4.69, 9.17) is 9.47 Å². The number of hydrogen-bond acceptors (Lipinski definition) is 3. The van der Waals surface area contributed by atoms with Gasteiger partial charge >= 0.3 is 0 Å². The summed E-state index contributed by atoms with van der Waals surface area (Å²) >= 11 is 0. The first-order valence-corrected chi connectivity index (χ1v) is 6.80. The Bertz CT molecular complexity index is 647. The summed E-state index contributed by atoms with van der Waals surface area (Å²) in [6.45, 7) is 2.15. The van der Waals surface area contributed by atoms with Crippen LogP contribution in [0.25, 0.3) is 5.76 Å². The molecule has 0 saturated carbocycles. The summed E-state index contributed by atoms with van der Waals surface area (Å²) in [4.78, 5) is 4.40. The first kappa shape index (κ1) is 12.7. The van der Waals surface area contributed by atoms with Crippen molar-refractivity contribution in [1.82, 2.24) is 4.98 Å². The van der Waals surface area contributed by atoms with Crippen molar-refractivity contribution in [3.05, 3.63) is 59.4 Å². The number of nitrogens with zero attached hydrogens (tertiary/aromatic N) is 1. The minimum absolute atomic E-state index is 0.865. The molecular formula is C17H17NO2. The predicted octanol–water partition coefficient (Wildman–Crippen LogP) is 3.85. The van der Waals surface area contributed by atoms with Gasteiger partial charge in [-0.05, 0) is 42.3 Å². The number of aromatic nitrogens is 1. The van der Waals surface area contributed by atoms with E-state index in [1.165, 1.54) is 11.1 Å². The van der Waals surface area contributed by atoms with Gasteiger partial charge < -0.3 is 9.47 Å². The zero-order valence-electron chi connectivity index (χ0n) is 11.7. The molecular weight excluding hydrogens is 250 g/mol. The van der Waals surface area contributed by atoms with Gasteiger partial charge in [0, 0.05) is 18.2 Å². The van der Waals surface area contributed by atoms with Crippen LogP contribution < -0.4 is 9.47 Å². The predicted molar refractivity (Wildman–Crippen MR) is 78.8 cm³/mol. The highest BCUT2D eigenvalue weighted by Crippen LogP contribution is 2.36. The molecule has 1 aliphatic rings. The van der Waals surface area contributed by atoms with Gasteiger partial charge in [-0.1, -0.05) is 13.0 Å². The summed E-state index contributed by atoms with van der Waals surface area (Å²) in [5, 5.41) is 0. The van der Waals surface area contributed by atoms with Crippen LogP contribution in [0.2, 0.25) is 0 Å². The van der Waals surface area contributed by atoms with E-state index in [1.807, 2.05) is 36.4 Å². The number of hydrogen-bond donors (Lipinski definition) is 0. The molecule has 1 aliphatic heterocycles. The fourth-order valence-electron chi connectivity index (χ4n) is 2.43. The summed E-state index contributed by atoms with van der Waals surface area (Å²) in [5.41, 5.74) is 3.33. The average molecular weight is 267 g/mol. The summed E-state index contributed by atoms with van der Waals surface area (Å²) in [5.74, 6) is 2.65. The molecule has 102 valence electrons. The van der Waals surface area contributed by atoms with E-state index in [2.05, 4.69) is 11.9 Å². The largest absolute Gasteiger partial charge is 0.497 e. The SMILES string of the molecule is CCC1=C(c2ccccn2)Oc2ccc(OC)cc2C1. The molecule has 2 aromatic rings. The zero-order chi connectivity index (χ0) is 13.9. The number of pyridine rings is 1. The molecule has 0 N–H and O–H groups in total. The third-order valence-corrected chi connectivity index (χ3v) is 3.53. The lowest BCUT2D eigenvalue weighted by atomic mass is 9.97. The molecule has 0 saturated heterocycles. The molecule has 2 heterocycles. The standard InChI is InChI=1S/C17H17NO2/c1-3-12-10-13-11-14(19-2)7-8-16(13)20-17(12)15-6-4-5-9-18-15/h4-9,11H,3,10H2,1-2H3. The number of rotatable bonds is 3. The highest BCUT2D eigenvalue weighted by Gasteiger charge is 2.21. The third kappa shape index (κ3) is 2.27. The molecule has 3 rings (SSSR count). The second-order valence-corrected chi connectivity index (χ2v) is 4.75. The second kappa shape index (κ2) is 5.37. The van der Waals surface area contributed by atoms with Gasteiger partial charge in [0.15, 0.2) is 5.76 Å². The molecule has 20 heavy (non-hydrogen) atoms. The number of benzene rings is 1. The van der Waals surface area contributed by atoms with E-state index < -0.39 is 0 Å². The van der Waals surface area contributed by atoms with Gasteiger partial charge in [0.25, 0.3) is 0 Å². The molecule has 0 spiro atoms. The molecule has 3 nitrogen and oxygen atoms in total. The average Bonchev–Trinajstić information content (AvgIpc) is 2.53. The monoisotopic (exact) mass is 267 g/mol. The van der Waals surface area contributed by atoms with E-state index in [0.29, 0.717) is 0 Å². The van der Waals surface area contributed by atoms with Gasteiger partial charge in [-0.15, -0.1) is 0 Å². The molecule has 0 amide bonds. The van der Waals surface area contributed by atoms with Gasteiger partial charge in [-0.2, -0.15) is 0 Å². The lowest BCUT2D eigenvalue weighted by Crippen LogP contribution is -2.10. The Morgan fingerprint density at radius 2 is 2.15 bits per heavy atom. The lowest BCUT2D eigenvalue weighted by molar-refractivity contribution is 0.411. The Morgan fingerprint density at radius 3 is 2.85 bits per heavy atom. The fourth-order valence-corrected chi connectivity index (χ4v) is 2.43.